The Hall–Kier alpha value is -0.570. The molecule has 3 heteroatoms. The highest BCUT2D eigenvalue weighted by Gasteiger charge is 2.58. The molecule has 1 N–H and O–H groups in total. The molecular weight excluding hydrogens is 144 g/mol. The maximum Gasteiger partial charge on any atom is 0.307 e. The van der Waals surface area contributed by atoms with Gasteiger partial charge in [0.1, 0.15) is 0 Å². The Morgan fingerprint density at radius 2 is 2.45 bits per heavy atom. The third-order valence-electron chi connectivity index (χ3n) is 2.84. The van der Waals surface area contributed by atoms with Crippen molar-refractivity contribution in [1.29, 1.82) is 0 Å². The average molecular weight is 156 g/mol. The van der Waals surface area contributed by atoms with E-state index in [0.717, 1.165) is 25.9 Å². The predicted octanol–water partition coefficient (Wildman–Crippen LogP) is 0.888. The second kappa shape index (κ2) is 2.21. The van der Waals surface area contributed by atoms with Crippen LogP contribution >= 0.6 is 0 Å². The van der Waals surface area contributed by atoms with Gasteiger partial charge < -0.3 is 9.84 Å². The molecule has 2 aliphatic rings. The Morgan fingerprint density at radius 3 is 2.91 bits per heavy atom. The smallest absolute Gasteiger partial charge is 0.307 e. The van der Waals surface area contributed by atoms with Crippen molar-refractivity contribution in [3.8, 4) is 0 Å². The monoisotopic (exact) mass is 156 g/mol. The van der Waals surface area contributed by atoms with Crippen LogP contribution in [-0.2, 0) is 9.53 Å². The zero-order chi connectivity index (χ0) is 7.90. The third kappa shape index (κ3) is 1.03. The van der Waals surface area contributed by atoms with E-state index in [1.807, 2.05) is 0 Å². The maximum absolute atomic E-state index is 10.6. The van der Waals surface area contributed by atoms with Crippen LogP contribution in [0.1, 0.15) is 19.3 Å². The lowest BCUT2D eigenvalue weighted by molar-refractivity contribution is -0.140. The molecular formula is C8H12O3. The van der Waals surface area contributed by atoms with Crippen LogP contribution in [0.15, 0.2) is 0 Å². The molecule has 2 rings (SSSR count). The van der Waals surface area contributed by atoms with Gasteiger partial charge in [0.25, 0.3) is 0 Å². The summed E-state index contributed by atoms with van der Waals surface area (Å²) in [5, 5.41) is 8.72. The number of hydrogen-bond donors (Lipinski definition) is 1. The highest BCUT2D eigenvalue weighted by Crippen LogP contribution is 2.57. The van der Waals surface area contributed by atoms with Crippen LogP contribution in [0.2, 0.25) is 0 Å². The molecule has 2 fully saturated rings. The molecule has 2 atom stereocenters. The van der Waals surface area contributed by atoms with Crippen molar-refractivity contribution >= 4 is 5.97 Å². The molecule has 1 saturated carbocycles. The molecule has 11 heavy (non-hydrogen) atoms. The molecule has 0 aromatic heterocycles. The SMILES string of the molecule is O=C(O)[C@H]1C[C@]12CCCOC2. The largest absolute Gasteiger partial charge is 0.481 e. The van der Waals surface area contributed by atoms with Gasteiger partial charge in [0, 0.05) is 12.0 Å². The Bertz CT molecular complexity index is 182. The van der Waals surface area contributed by atoms with E-state index in [0.29, 0.717) is 6.61 Å². The van der Waals surface area contributed by atoms with Gasteiger partial charge in [-0.2, -0.15) is 0 Å². The van der Waals surface area contributed by atoms with Gasteiger partial charge in [-0.3, -0.25) is 4.79 Å². The molecule has 1 aliphatic heterocycles. The molecule has 1 spiro atoms. The summed E-state index contributed by atoms with van der Waals surface area (Å²) >= 11 is 0. The molecule has 0 aromatic rings. The standard InChI is InChI=1S/C8H12O3/c9-7(10)6-4-8(6)2-1-3-11-5-8/h6H,1-5H2,(H,9,10)/t6-,8+/m1/s1. The van der Waals surface area contributed by atoms with Crippen molar-refractivity contribution in [3.05, 3.63) is 0 Å². The summed E-state index contributed by atoms with van der Waals surface area (Å²) in [7, 11) is 0. The van der Waals surface area contributed by atoms with Gasteiger partial charge in [-0.15, -0.1) is 0 Å². The first kappa shape index (κ1) is 7.10. The first-order valence-electron chi connectivity index (χ1n) is 4.05. The minimum atomic E-state index is -0.643. The molecule has 62 valence electrons. The highest BCUT2D eigenvalue weighted by atomic mass is 16.5. The fraction of sp³-hybridized carbons (Fsp3) is 0.875. The predicted molar refractivity (Wildman–Crippen MR) is 38.2 cm³/mol. The van der Waals surface area contributed by atoms with Gasteiger partial charge in [0.15, 0.2) is 0 Å². The van der Waals surface area contributed by atoms with Crippen molar-refractivity contribution in [2.24, 2.45) is 11.3 Å². The van der Waals surface area contributed by atoms with Crippen LogP contribution in [0, 0.1) is 11.3 Å². The number of hydrogen-bond acceptors (Lipinski definition) is 2. The van der Waals surface area contributed by atoms with Gasteiger partial charge in [0.05, 0.1) is 12.5 Å². The molecule has 1 heterocycles. The minimum absolute atomic E-state index is 0.0457. The van der Waals surface area contributed by atoms with Gasteiger partial charge >= 0.3 is 5.97 Å². The Kier molecular flexibility index (Phi) is 1.42. The van der Waals surface area contributed by atoms with E-state index in [4.69, 9.17) is 9.84 Å². The van der Waals surface area contributed by atoms with Crippen LogP contribution in [0.5, 0.6) is 0 Å². The minimum Gasteiger partial charge on any atom is -0.481 e. The van der Waals surface area contributed by atoms with E-state index in [1.54, 1.807) is 0 Å². The quantitative estimate of drug-likeness (QED) is 0.613. The number of rotatable bonds is 1. The fourth-order valence-corrected chi connectivity index (χ4v) is 2.01. The zero-order valence-electron chi connectivity index (χ0n) is 6.38. The third-order valence-corrected chi connectivity index (χ3v) is 2.84. The second-order valence-corrected chi connectivity index (χ2v) is 3.61. The number of carboxylic acid groups (broad SMARTS) is 1. The molecule has 1 aliphatic carbocycles. The zero-order valence-corrected chi connectivity index (χ0v) is 6.38. The fourth-order valence-electron chi connectivity index (χ4n) is 2.01. The second-order valence-electron chi connectivity index (χ2n) is 3.61. The topological polar surface area (TPSA) is 46.5 Å². The van der Waals surface area contributed by atoms with Crippen LogP contribution < -0.4 is 0 Å². The summed E-state index contributed by atoms with van der Waals surface area (Å²) in [6.45, 7) is 1.48. The van der Waals surface area contributed by atoms with Gasteiger partial charge in [-0.25, -0.2) is 0 Å². The molecule has 0 aromatic carbocycles. The molecule has 0 radical (unpaired) electrons. The molecule has 1 saturated heterocycles. The van der Waals surface area contributed by atoms with Crippen molar-refractivity contribution in [2.45, 2.75) is 19.3 Å². The van der Waals surface area contributed by atoms with E-state index in [1.165, 1.54) is 0 Å². The van der Waals surface area contributed by atoms with E-state index < -0.39 is 5.97 Å². The highest BCUT2D eigenvalue weighted by molar-refractivity contribution is 5.74. The van der Waals surface area contributed by atoms with E-state index in [-0.39, 0.29) is 11.3 Å². The summed E-state index contributed by atoms with van der Waals surface area (Å²) in [4.78, 5) is 10.6. The van der Waals surface area contributed by atoms with E-state index in [2.05, 4.69) is 0 Å². The lowest BCUT2D eigenvalue weighted by Crippen LogP contribution is -2.22. The van der Waals surface area contributed by atoms with Crippen molar-refractivity contribution in [1.82, 2.24) is 0 Å². The van der Waals surface area contributed by atoms with Gasteiger partial charge in [0.2, 0.25) is 0 Å². The lowest BCUT2D eigenvalue weighted by Gasteiger charge is -2.21. The summed E-state index contributed by atoms with van der Waals surface area (Å²) in [6.07, 6.45) is 2.91. The summed E-state index contributed by atoms with van der Waals surface area (Å²) in [5.41, 5.74) is 0.0457. The number of carbonyl (C=O) groups is 1. The number of aliphatic carboxylic acids is 1. The molecule has 3 nitrogen and oxygen atoms in total. The molecule has 0 bridgehead atoms. The lowest BCUT2D eigenvalue weighted by atomic mass is 9.96. The van der Waals surface area contributed by atoms with Gasteiger partial charge in [-0.05, 0) is 19.3 Å². The van der Waals surface area contributed by atoms with Crippen LogP contribution in [0.3, 0.4) is 0 Å². The van der Waals surface area contributed by atoms with Crippen molar-refractivity contribution < 1.29 is 14.6 Å². The number of carboxylic acids is 1. The van der Waals surface area contributed by atoms with Crippen LogP contribution in [0.25, 0.3) is 0 Å². The summed E-state index contributed by atoms with van der Waals surface area (Å²) in [6, 6.07) is 0. The molecule has 0 unspecified atom stereocenters. The maximum atomic E-state index is 10.6. The molecule has 0 amide bonds. The Labute approximate surface area is 65.4 Å². The van der Waals surface area contributed by atoms with Crippen LogP contribution in [0.4, 0.5) is 0 Å². The van der Waals surface area contributed by atoms with Gasteiger partial charge in [-0.1, -0.05) is 0 Å². The van der Waals surface area contributed by atoms with Crippen LogP contribution in [-0.4, -0.2) is 24.3 Å². The number of ether oxygens (including phenoxy) is 1. The first-order chi connectivity index (χ1) is 5.25. The normalized spacial score (nSPS) is 42.4. The van der Waals surface area contributed by atoms with E-state index >= 15 is 0 Å². The average Bonchev–Trinajstić information content (AvgIpc) is 2.66. The van der Waals surface area contributed by atoms with Crippen molar-refractivity contribution in [3.63, 3.8) is 0 Å². The van der Waals surface area contributed by atoms with E-state index in [9.17, 15) is 4.79 Å². The first-order valence-corrected chi connectivity index (χ1v) is 4.05. The summed E-state index contributed by atoms with van der Waals surface area (Å²) < 4.78 is 5.26. The van der Waals surface area contributed by atoms with Crippen molar-refractivity contribution in [2.75, 3.05) is 13.2 Å². The summed E-state index contributed by atoms with van der Waals surface area (Å²) in [5.74, 6) is -0.752. The Balaban J connectivity index is 1.99. The Morgan fingerprint density at radius 1 is 1.64 bits per heavy atom.